The summed E-state index contributed by atoms with van der Waals surface area (Å²) in [5.74, 6) is -0.108. The lowest BCUT2D eigenvalue weighted by molar-refractivity contribution is -0.515. The number of benzene rings is 1. The van der Waals surface area contributed by atoms with Crippen molar-refractivity contribution in [2.75, 3.05) is 0 Å². The number of carbonyl (C=O) groups excluding carboxylic acids is 1. The summed E-state index contributed by atoms with van der Waals surface area (Å²) in [5, 5.41) is 10.7. The summed E-state index contributed by atoms with van der Waals surface area (Å²) in [6.45, 7) is 4.83. The predicted molar refractivity (Wildman–Crippen MR) is 56.4 cm³/mol. The smallest absolute Gasteiger partial charge is 0.256 e. The van der Waals surface area contributed by atoms with E-state index < -0.39 is 11.0 Å². The van der Waals surface area contributed by atoms with Gasteiger partial charge in [0.15, 0.2) is 5.78 Å². The lowest BCUT2D eigenvalue weighted by atomic mass is 10.0. The molecule has 1 aromatic rings. The molecule has 4 nitrogen and oxygen atoms in total. The zero-order valence-corrected chi connectivity index (χ0v) is 8.34. The Hall–Kier alpha value is -1.97. The molecule has 0 aromatic heterocycles. The third-order valence-electron chi connectivity index (χ3n) is 2.09. The van der Waals surface area contributed by atoms with Crippen LogP contribution in [0.3, 0.4) is 0 Å². The van der Waals surface area contributed by atoms with Crippen molar-refractivity contribution in [3.63, 3.8) is 0 Å². The van der Waals surface area contributed by atoms with Crippen molar-refractivity contribution in [3.8, 4) is 0 Å². The second kappa shape index (κ2) is 4.50. The Morgan fingerprint density at radius 1 is 1.60 bits per heavy atom. The zero-order chi connectivity index (χ0) is 11.4. The highest BCUT2D eigenvalue weighted by atomic mass is 16.6. The number of ketones is 1. The van der Waals surface area contributed by atoms with Crippen molar-refractivity contribution in [1.82, 2.24) is 0 Å². The summed E-state index contributed by atoms with van der Waals surface area (Å²) >= 11 is 0. The molecule has 0 spiro atoms. The Balaban J connectivity index is 3.14. The Kier molecular flexibility index (Phi) is 3.33. The van der Waals surface area contributed by atoms with Gasteiger partial charge in [0.05, 0.1) is 0 Å². The molecule has 0 aliphatic carbocycles. The first-order valence-corrected chi connectivity index (χ1v) is 4.43. The first kappa shape index (κ1) is 11.1. The van der Waals surface area contributed by atoms with Crippen LogP contribution in [0.2, 0.25) is 0 Å². The summed E-state index contributed by atoms with van der Waals surface area (Å²) in [5.41, 5.74) is 0.948. The molecule has 0 bridgehead atoms. The van der Waals surface area contributed by atoms with Crippen LogP contribution in [0.25, 0.3) is 0 Å². The molecule has 0 amide bonds. The Labute approximate surface area is 87.4 Å². The van der Waals surface area contributed by atoms with E-state index in [2.05, 4.69) is 6.58 Å². The maximum Gasteiger partial charge on any atom is 0.256 e. The SMILES string of the molecule is C=CC(c1cccc(C(C)=O)c1)[N+](=O)[O-]. The highest BCUT2D eigenvalue weighted by molar-refractivity contribution is 5.94. The molecule has 0 N–H and O–H groups in total. The lowest BCUT2D eigenvalue weighted by Gasteiger charge is -2.05. The number of carbonyl (C=O) groups is 1. The highest BCUT2D eigenvalue weighted by Gasteiger charge is 2.18. The topological polar surface area (TPSA) is 60.2 Å². The van der Waals surface area contributed by atoms with Crippen molar-refractivity contribution < 1.29 is 9.72 Å². The number of hydrogen-bond acceptors (Lipinski definition) is 3. The van der Waals surface area contributed by atoms with Gasteiger partial charge in [0.1, 0.15) is 0 Å². The van der Waals surface area contributed by atoms with Gasteiger partial charge in [0.25, 0.3) is 6.04 Å². The fourth-order valence-electron chi connectivity index (χ4n) is 1.29. The van der Waals surface area contributed by atoms with Gasteiger partial charge in [-0.15, -0.1) is 0 Å². The largest absolute Gasteiger partial charge is 0.295 e. The fourth-order valence-corrected chi connectivity index (χ4v) is 1.29. The molecule has 15 heavy (non-hydrogen) atoms. The van der Waals surface area contributed by atoms with Gasteiger partial charge in [0.2, 0.25) is 0 Å². The van der Waals surface area contributed by atoms with E-state index in [0.29, 0.717) is 11.1 Å². The van der Waals surface area contributed by atoms with E-state index in [4.69, 9.17) is 0 Å². The van der Waals surface area contributed by atoms with Gasteiger partial charge in [-0.1, -0.05) is 24.8 Å². The molecular formula is C11H11NO3. The Morgan fingerprint density at radius 2 is 2.27 bits per heavy atom. The molecule has 0 saturated heterocycles. The standard InChI is InChI=1S/C11H11NO3/c1-3-11(12(14)15)10-6-4-5-9(7-10)8(2)13/h3-7,11H,1H2,2H3. The summed E-state index contributed by atoms with van der Waals surface area (Å²) in [4.78, 5) is 21.3. The predicted octanol–water partition coefficient (Wildman–Crippen LogP) is 2.39. The van der Waals surface area contributed by atoms with Crippen molar-refractivity contribution in [2.24, 2.45) is 0 Å². The Bertz CT molecular complexity index is 412. The second-order valence-electron chi connectivity index (χ2n) is 3.15. The first-order chi connectivity index (χ1) is 7.06. The van der Waals surface area contributed by atoms with E-state index in [9.17, 15) is 14.9 Å². The van der Waals surface area contributed by atoms with Gasteiger partial charge in [-0.2, -0.15) is 0 Å². The van der Waals surface area contributed by atoms with Crippen molar-refractivity contribution in [3.05, 3.63) is 58.2 Å². The van der Waals surface area contributed by atoms with Crippen LogP contribution in [0, 0.1) is 10.1 Å². The maximum atomic E-state index is 11.1. The second-order valence-corrected chi connectivity index (χ2v) is 3.15. The number of hydrogen-bond donors (Lipinski definition) is 0. The van der Waals surface area contributed by atoms with Gasteiger partial charge in [-0.3, -0.25) is 14.9 Å². The van der Waals surface area contributed by atoms with E-state index in [-0.39, 0.29) is 5.78 Å². The summed E-state index contributed by atoms with van der Waals surface area (Å²) < 4.78 is 0. The fraction of sp³-hybridized carbons (Fsp3) is 0.182. The Morgan fingerprint density at radius 3 is 2.73 bits per heavy atom. The van der Waals surface area contributed by atoms with E-state index >= 15 is 0 Å². The van der Waals surface area contributed by atoms with E-state index in [0.717, 1.165) is 0 Å². The van der Waals surface area contributed by atoms with E-state index in [1.807, 2.05) is 0 Å². The average molecular weight is 205 g/mol. The molecule has 0 radical (unpaired) electrons. The number of nitrogens with zero attached hydrogens (tertiary/aromatic N) is 1. The van der Waals surface area contributed by atoms with Crippen LogP contribution in [0.4, 0.5) is 0 Å². The summed E-state index contributed by atoms with van der Waals surface area (Å²) in [7, 11) is 0. The number of Topliss-reactive ketones (excluding diaryl/α,β-unsaturated/α-hetero) is 1. The van der Waals surface area contributed by atoms with Gasteiger partial charge >= 0.3 is 0 Å². The molecule has 0 saturated carbocycles. The number of nitro groups is 1. The van der Waals surface area contributed by atoms with E-state index in [1.165, 1.54) is 19.1 Å². The lowest BCUT2D eigenvalue weighted by Crippen LogP contribution is -2.08. The maximum absolute atomic E-state index is 11.1. The van der Waals surface area contributed by atoms with Crippen LogP contribution < -0.4 is 0 Å². The highest BCUT2D eigenvalue weighted by Crippen LogP contribution is 2.18. The van der Waals surface area contributed by atoms with Crippen LogP contribution in [0.5, 0.6) is 0 Å². The quantitative estimate of drug-likeness (QED) is 0.328. The average Bonchev–Trinajstić information content (AvgIpc) is 2.18. The molecule has 1 rings (SSSR count). The molecule has 1 aromatic carbocycles. The van der Waals surface area contributed by atoms with E-state index in [1.54, 1.807) is 18.2 Å². The van der Waals surface area contributed by atoms with Crippen LogP contribution >= 0.6 is 0 Å². The minimum absolute atomic E-state index is 0.108. The zero-order valence-electron chi connectivity index (χ0n) is 8.34. The molecular weight excluding hydrogens is 194 g/mol. The van der Waals surface area contributed by atoms with Crippen LogP contribution in [-0.4, -0.2) is 10.7 Å². The molecule has 0 aliphatic heterocycles. The monoisotopic (exact) mass is 205 g/mol. The van der Waals surface area contributed by atoms with Gasteiger partial charge in [0, 0.05) is 16.1 Å². The molecule has 1 atom stereocenters. The van der Waals surface area contributed by atoms with Crippen molar-refractivity contribution in [1.29, 1.82) is 0 Å². The van der Waals surface area contributed by atoms with Gasteiger partial charge in [-0.25, -0.2) is 0 Å². The molecule has 4 heteroatoms. The first-order valence-electron chi connectivity index (χ1n) is 4.43. The number of rotatable bonds is 4. The van der Waals surface area contributed by atoms with Crippen LogP contribution in [0.15, 0.2) is 36.9 Å². The summed E-state index contributed by atoms with van der Waals surface area (Å²) in [6, 6.07) is 5.45. The minimum Gasteiger partial charge on any atom is -0.295 e. The van der Waals surface area contributed by atoms with Gasteiger partial charge < -0.3 is 0 Å². The third-order valence-corrected chi connectivity index (χ3v) is 2.09. The molecule has 0 fully saturated rings. The third kappa shape index (κ3) is 2.49. The normalized spacial score (nSPS) is 11.8. The summed E-state index contributed by atoms with van der Waals surface area (Å²) in [6.07, 6.45) is 1.25. The molecule has 1 unspecified atom stereocenters. The minimum atomic E-state index is -0.954. The van der Waals surface area contributed by atoms with Gasteiger partial charge in [-0.05, 0) is 19.1 Å². The molecule has 0 heterocycles. The van der Waals surface area contributed by atoms with Crippen LogP contribution in [-0.2, 0) is 0 Å². The van der Waals surface area contributed by atoms with Crippen molar-refractivity contribution >= 4 is 5.78 Å². The van der Waals surface area contributed by atoms with Crippen LogP contribution in [0.1, 0.15) is 28.9 Å². The van der Waals surface area contributed by atoms with Crippen molar-refractivity contribution in [2.45, 2.75) is 13.0 Å². The molecule has 0 aliphatic rings. The molecule has 78 valence electrons.